The van der Waals surface area contributed by atoms with Crippen molar-refractivity contribution in [1.82, 2.24) is 10.3 Å². The van der Waals surface area contributed by atoms with E-state index in [1.165, 1.54) is 19.1 Å². The first-order valence-corrected chi connectivity index (χ1v) is 8.18. The molecule has 0 radical (unpaired) electrons. The Bertz CT molecular complexity index is 705. The van der Waals surface area contributed by atoms with E-state index in [1.54, 1.807) is 7.11 Å². The molecular weight excluding hydrogens is 308 g/mol. The Hall–Kier alpha value is -2.50. The Morgan fingerprint density at radius 3 is 2.88 bits per heavy atom. The molecule has 1 aromatic heterocycles. The first kappa shape index (κ1) is 16.4. The van der Waals surface area contributed by atoms with Crippen molar-refractivity contribution in [1.29, 1.82) is 0 Å². The van der Waals surface area contributed by atoms with Crippen LogP contribution in [0.25, 0.3) is 0 Å². The van der Waals surface area contributed by atoms with Gasteiger partial charge in [-0.05, 0) is 37.5 Å². The van der Waals surface area contributed by atoms with Gasteiger partial charge in [0, 0.05) is 6.04 Å². The van der Waals surface area contributed by atoms with E-state index < -0.39 is 0 Å². The van der Waals surface area contributed by atoms with Crippen LogP contribution in [0.1, 0.15) is 47.6 Å². The van der Waals surface area contributed by atoms with Gasteiger partial charge in [0.05, 0.1) is 7.11 Å². The molecule has 1 aliphatic rings. The molecule has 3 rings (SSSR count). The molecule has 1 heterocycles. The van der Waals surface area contributed by atoms with Gasteiger partial charge in [0.2, 0.25) is 5.89 Å². The summed E-state index contributed by atoms with van der Waals surface area (Å²) < 4.78 is 16.3. The summed E-state index contributed by atoms with van der Waals surface area (Å²) in [4.78, 5) is 16.3. The van der Waals surface area contributed by atoms with Gasteiger partial charge in [-0.3, -0.25) is 4.79 Å². The first-order valence-electron chi connectivity index (χ1n) is 8.18. The number of carbonyl (C=O) groups is 1. The minimum Gasteiger partial charge on any atom is -0.493 e. The Kier molecular flexibility index (Phi) is 5.03. The molecule has 0 bridgehead atoms. The number of oxazole rings is 1. The highest BCUT2D eigenvalue weighted by Crippen LogP contribution is 2.28. The Labute approximate surface area is 141 Å². The lowest BCUT2D eigenvalue weighted by Gasteiger charge is -2.10. The lowest BCUT2D eigenvalue weighted by Crippen LogP contribution is -2.32. The number of benzene rings is 1. The van der Waals surface area contributed by atoms with E-state index in [9.17, 15) is 4.79 Å². The van der Waals surface area contributed by atoms with Crippen LogP contribution in [0.3, 0.4) is 0 Å². The summed E-state index contributed by atoms with van der Waals surface area (Å²) in [5, 5.41) is 2.98. The second-order valence-electron chi connectivity index (χ2n) is 6.02. The van der Waals surface area contributed by atoms with Crippen LogP contribution in [0.15, 0.2) is 28.9 Å². The SMILES string of the molecule is COc1cc(C)ccc1OCc1nc(C(=O)NC2CCCC2)co1. The maximum absolute atomic E-state index is 12.1. The average Bonchev–Trinajstić information content (AvgIpc) is 3.25. The Morgan fingerprint density at radius 2 is 2.12 bits per heavy atom. The number of hydrogen-bond acceptors (Lipinski definition) is 5. The first-order chi connectivity index (χ1) is 11.7. The van der Waals surface area contributed by atoms with Crippen molar-refractivity contribution in [3.05, 3.63) is 41.6 Å². The molecule has 1 saturated carbocycles. The number of nitrogens with zero attached hydrogens (tertiary/aromatic N) is 1. The normalized spacial score (nSPS) is 14.6. The van der Waals surface area contributed by atoms with Crippen LogP contribution in [0, 0.1) is 6.92 Å². The fourth-order valence-electron chi connectivity index (χ4n) is 2.84. The van der Waals surface area contributed by atoms with Gasteiger partial charge in [0.15, 0.2) is 23.8 Å². The number of carbonyl (C=O) groups excluding carboxylic acids is 1. The molecule has 1 aromatic carbocycles. The maximum Gasteiger partial charge on any atom is 0.273 e. The van der Waals surface area contributed by atoms with Crippen LogP contribution in [0.2, 0.25) is 0 Å². The van der Waals surface area contributed by atoms with Gasteiger partial charge < -0.3 is 19.2 Å². The van der Waals surface area contributed by atoms with E-state index in [0.29, 0.717) is 17.4 Å². The molecule has 1 N–H and O–H groups in total. The topological polar surface area (TPSA) is 73.6 Å². The number of nitrogens with one attached hydrogen (secondary N) is 1. The van der Waals surface area contributed by atoms with Crippen molar-refractivity contribution in [2.45, 2.75) is 45.3 Å². The molecule has 1 aliphatic carbocycles. The minimum absolute atomic E-state index is 0.135. The molecule has 0 atom stereocenters. The number of ether oxygens (including phenoxy) is 2. The molecule has 0 unspecified atom stereocenters. The Morgan fingerprint density at radius 1 is 1.33 bits per heavy atom. The van der Waals surface area contributed by atoms with E-state index in [1.807, 2.05) is 25.1 Å². The number of amides is 1. The zero-order valence-electron chi connectivity index (χ0n) is 14.0. The number of hydrogen-bond donors (Lipinski definition) is 1. The fraction of sp³-hybridized carbons (Fsp3) is 0.444. The monoisotopic (exact) mass is 330 g/mol. The summed E-state index contributed by atoms with van der Waals surface area (Å²) in [6, 6.07) is 5.93. The highest BCUT2D eigenvalue weighted by atomic mass is 16.5. The van der Waals surface area contributed by atoms with Gasteiger partial charge in [0.1, 0.15) is 6.26 Å². The zero-order chi connectivity index (χ0) is 16.9. The van der Waals surface area contributed by atoms with Crippen molar-refractivity contribution in [3.63, 3.8) is 0 Å². The van der Waals surface area contributed by atoms with Gasteiger partial charge in [0.25, 0.3) is 5.91 Å². The molecule has 0 aliphatic heterocycles. The number of aryl methyl sites for hydroxylation is 1. The van der Waals surface area contributed by atoms with E-state index in [0.717, 1.165) is 18.4 Å². The zero-order valence-corrected chi connectivity index (χ0v) is 14.0. The largest absolute Gasteiger partial charge is 0.493 e. The summed E-state index contributed by atoms with van der Waals surface area (Å²) >= 11 is 0. The highest BCUT2D eigenvalue weighted by molar-refractivity contribution is 5.92. The van der Waals surface area contributed by atoms with Crippen LogP contribution in [0.5, 0.6) is 11.5 Å². The van der Waals surface area contributed by atoms with E-state index in [-0.39, 0.29) is 24.2 Å². The van der Waals surface area contributed by atoms with E-state index in [4.69, 9.17) is 13.9 Å². The van der Waals surface area contributed by atoms with Crippen molar-refractivity contribution >= 4 is 5.91 Å². The van der Waals surface area contributed by atoms with E-state index in [2.05, 4.69) is 10.3 Å². The van der Waals surface area contributed by atoms with Crippen LogP contribution >= 0.6 is 0 Å². The number of methoxy groups -OCH3 is 1. The second kappa shape index (κ2) is 7.38. The third kappa shape index (κ3) is 3.88. The van der Waals surface area contributed by atoms with Crippen molar-refractivity contribution in [3.8, 4) is 11.5 Å². The van der Waals surface area contributed by atoms with Gasteiger partial charge >= 0.3 is 0 Å². The second-order valence-corrected chi connectivity index (χ2v) is 6.02. The number of aromatic nitrogens is 1. The molecule has 6 nitrogen and oxygen atoms in total. The van der Waals surface area contributed by atoms with Gasteiger partial charge in [-0.25, -0.2) is 4.98 Å². The summed E-state index contributed by atoms with van der Waals surface area (Å²) in [6.07, 6.45) is 5.78. The lowest BCUT2D eigenvalue weighted by atomic mass is 10.2. The molecule has 0 spiro atoms. The van der Waals surface area contributed by atoms with Gasteiger partial charge in [-0.1, -0.05) is 18.9 Å². The molecule has 24 heavy (non-hydrogen) atoms. The third-order valence-electron chi connectivity index (χ3n) is 4.15. The Balaban J connectivity index is 1.59. The highest BCUT2D eigenvalue weighted by Gasteiger charge is 2.20. The molecule has 6 heteroatoms. The van der Waals surface area contributed by atoms with Gasteiger partial charge in [-0.15, -0.1) is 0 Å². The smallest absolute Gasteiger partial charge is 0.273 e. The predicted octanol–water partition coefficient (Wildman–Crippen LogP) is 3.24. The van der Waals surface area contributed by atoms with Crippen molar-refractivity contribution in [2.24, 2.45) is 0 Å². The minimum atomic E-state index is -0.190. The summed E-state index contributed by atoms with van der Waals surface area (Å²) in [5.74, 6) is 1.43. The van der Waals surface area contributed by atoms with Crippen LogP contribution in [-0.2, 0) is 6.61 Å². The van der Waals surface area contributed by atoms with Gasteiger partial charge in [-0.2, -0.15) is 0 Å². The predicted molar refractivity (Wildman–Crippen MR) is 88.3 cm³/mol. The van der Waals surface area contributed by atoms with Crippen LogP contribution in [-0.4, -0.2) is 24.0 Å². The third-order valence-corrected chi connectivity index (χ3v) is 4.15. The molecule has 128 valence electrons. The molecule has 0 saturated heterocycles. The summed E-state index contributed by atoms with van der Waals surface area (Å²) in [5.41, 5.74) is 1.37. The fourth-order valence-corrected chi connectivity index (χ4v) is 2.84. The molecule has 1 fully saturated rings. The maximum atomic E-state index is 12.1. The quantitative estimate of drug-likeness (QED) is 0.880. The summed E-state index contributed by atoms with van der Waals surface area (Å²) in [6.45, 7) is 2.12. The molecule has 1 amide bonds. The van der Waals surface area contributed by atoms with Crippen LogP contribution < -0.4 is 14.8 Å². The molecular formula is C18H22N2O4. The van der Waals surface area contributed by atoms with E-state index >= 15 is 0 Å². The standard InChI is InChI=1S/C18H22N2O4/c1-12-7-8-15(16(9-12)22-2)23-11-17-20-14(10-24-17)18(21)19-13-5-3-4-6-13/h7-10,13H,3-6,11H2,1-2H3,(H,19,21). The van der Waals surface area contributed by atoms with Crippen molar-refractivity contribution < 1.29 is 18.7 Å². The lowest BCUT2D eigenvalue weighted by molar-refractivity contribution is 0.0932. The van der Waals surface area contributed by atoms with Crippen LogP contribution in [0.4, 0.5) is 0 Å². The average molecular weight is 330 g/mol. The number of rotatable bonds is 6. The molecule has 2 aromatic rings. The summed E-state index contributed by atoms with van der Waals surface area (Å²) in [7, 11) is 1.60. The van der Waals surface area contributed by atoms with Crippen molar-refractivity contribution in [2.75, 3.05) is 7.11 Å².